The van der Waals surface area contributed by atoms with E-state index in [0.29, 0.717) is 6.42 Å². The highest BCUT2D eigenvalue weighted by Gasteiger charge is 2.12. The van der Waals surface area contributed by atoms with E-state index in [9.17, 15) is 0 Å². The van der Waals surface area contributed by atoms with Crippen LogP contribution in [0.15, 0.2) is 29.3 Å². The smallest absolute Gasteiger partial charge is 0.0621 e. The topological polar surface area (TPSA) is 36.1 Å². The largest absolute Gasteiger partial charge is 0.289 e. The molecule has 0 radical (unpaired) electrons. The summed E-state index contributed by atoms with van der Waals surface area (Å²) in [5, 5.41) is 8.50. The van der Waals surface area contributed by atoms with Crippen LogP contribution < -0.4 is 0 Å². The Hall–Kier alpha value is -1.62. The van der Waals surface area contributed by atoms with Gasteiger partial charge in [-0.15, -0.1) is 0 Å². The van der Waals surface area contributed by atoms with Gasteiger partial charge in [0.1, 0.15) is 0 Å². The van der Waals surface area contributed by atoms with E-state index in [1.165, 1.54) is 16.8 Å². The molecule has 1 aromatic rings. The van der Waals surface area contributed by atoms with Crippen molar-refractivity contribution in [2.75, 3.05) is 6.54 Å². The van der Waals surface area contributed by atoms with E-state index in [-0.39, 0.29) is 0 Å². The number of rotatable bonds is 3. The van der Waals surface area contributed by atoms with Crippen LogP contribution in [0.3, 0.4) is 0 Å². The zero-order chi connectivity index (χ0) is 10.5. The molecule has 0 amide bonds. The highest BCUT2D eigenvalue weighted by molar-refractivity contribution is 6.02. The molecule has 0 fully saturated rings. The Kier molecular flexibility index (Phi) is 3.14. The van der Waals surface area contributed by atoms with Crippen molar-refractivity contribution in [2.45, 2.75) is 25.7 Å². The SMILES string of the molecule is N#CCCCC1=NCCc2ccccc21. The molecule has 0 unspecified atom stereocenters. The lowest BCUT2D eigenvalue weighted by Gasteiger charge is -2.16. The minimum absolute atomic E-state index is 0.626. The van der Waals surface area contributed by atoms with Gasteiger partial charge in [0.25, 0.3) is 0 Å². The van der Waals surface area contributed by atoms with Crippen LogP contribution >= 0.6 is 0 Å². The van der Waals surface area contributed by atoms with E-state index in [2.05, 4.69) is 35.3 Å². The van der Waals surface area contributed by atoms with Crippen molar-refractivity contribution in [3.63, 3.8) is 0 Å². The predicted octanol–water partition coefficient (Wildman–Crippen LogP) is 2.73. The van der Waals surface area contributed by atoms with Crippen molar-refractivity contribution in [3.05, 3.63) is 35.4 Å². The lowest BCUT2D eigenvalue weighted by atomic mass is 9.95. The molecule has 76 valence electrons. The number of aliphatic imine (C=N–C) groups is 1. The fraction of sp³-hybridized carbons (Fsp3) is 0.385. The van der Waals surface area contributed by atoms with Crippen LogP contribution in [-0.4, -0.2) is 12.3 Å². The standard InChI is InChI=1S/C13H14N2/c14-9-4-3-7-13-12-6-2-1-5-11(12)8-10-15-13/h1-2,5-6H,3-4,7-8,10H2. The van der Waals surface area contributed by atoms with Crippen LogP contribution in [0.5, 0.6) is 0 Å². The highest BCUT2D eigenvalue weighted by atomic mass is 14.7. The van der Waals surface area contributed by atoms with Gasteiger partial charge in [0.05, 0.1) is 6.07 Å². The molecule has 1 aliphatic heterocycles. The zero-order valence-corrected chi connectivity index (χ0v) is 8.74. The van der Waals surface area contributed by atoms with Gasteiger partial charge in [-0.1, -0.05) is 24.3 Å². The first kappa shape index (κ1) is 9.92. The predicted molar refractivity (Wildman–Crippen MR) is 61.0 cm³/mol. The Labute approximate surface area is 90.3 Å². The van der Waals surface area contributed by atoms with Crippen LogP contribution in [0.25, 0.3) is 0 Å². The average Bonchev–Trinajstić information content (AvgIpc) is 2.30. The summed E-state index contributed by atoms with van der Waals surface area (Å²) in [6, 6.07) is 10.6. The number of nitrogens with zero attached hydrogens (tertiary/aromatic N) is 2. The summed E-state index contributed by atoms with van der Waals surface area (Å²) in [6.07, 6.45) is 3.54. The fourth-order valence-corrected chi connectivity index (χ4v) is 1.96. The van der Waals surface area contributed by atoms with Gasteiger partial charge in [0.2, 0.25) is 0 Å². The Balaban J connectivity index is 2.13. The second kappa shape index (κ2) is 4.75. The van der Waals surface area contributed by atoms with Gasteiger partial charge < -0.3 is 0 Å². The number of fused-ring (bicyclic) bond motifs is 1. The zero-order valence-electron chi connectivity index (χ0n) is 8.74. The second-order valence-electron chi connectivity index (χ2n) is 3.75. The van der Waals surface area contributed by atoms with E-state index < -0.39 is 0 Å². The summed E-state index contributed by atoms with van der Waals surface area (Å²) in [5.74, 6) is 0. The van der Waals surface area contributed by atoms with Crippen LogP contribution in [0, 0.1) is 11.3 Å². The molecule has 1 heterocycles. The molecule has 0 aromatic heterocycles. The third-order valence-electron chi connectivity index (χ3n) is 2.71. The molecule has 15 heavy (non-hydrogen) atoms. The first-order chi connectivity index (χ1) is 7.42. The molecule has 2 rings (SSSR count). The lowest BCUT2D eigenvalue weighted by molar-refractivity contribution is 0.869. The summed E-state index contributed by atoms with van der Waals surface area (Å²) in [7, 11) is 0. The van der Waals surface area contributed by atoms with Gasteiger partial charge in [0.15, 0.2) is 0 Å². The number of hydrogen-bond acceptors (Lipinski definition) is 2. The molecule has 0 saturated carbocycles. The highest BCUT2D eigenvalue weighted by Crippen LogP contribution is 2.18. The summed E-state index contributed by atoms with van der Waals surface area (Å²) < 4.78 is 0. The maximum atomic E-state index is 8.50. The van der Waals surface area contributed by atoms with Crippen molar-refractivity contribution < 1.29 is 0 Å². The number of benzene rings is 1. The van der Waals surface area contributed by atoms with Crippen LogP contribution in [-0.2, 0) is 6.42 Å². The van der Waals surface area contributed by atoms with Crippen molar-refractivity contribution in [1.29, 1.82) is 5.26 Å². The number of hydrogen-bond donors (Lipinski definition) is 0. The van der Waals surface area contributed by atoms with E-state index in [4.69, 9.17) is 5.26 Å². The molecule has 0 atom stereocenters. The van der Waals surface area contributed by atoms with Crippen LogP contribution in [0.2, 0.25) is 0 Å². The Morgan fingerprint density at radius 3 is 3.07 bits per heavy atom. The summed E-state index contributed by atoms with van der Waals surface area (Å²) in [4.78, 5) is 4.55. The average molecular weight is 198 g/mol. The van der Waals surface area contributed by atoms with Crippen molar-refractivity contribution in [2.24, 2.45) is 4.99 Å². The molecule has 0 N–H and O–H groups in total. The summed E-state index contributed by atoms with van der Waals surface area (Å²) in [6.45, 7) is 0.902. The van der Waals surface area contributed by atoms with E-state index in [1.54, 1.807) is 0 Å². The van der Waals surface area contributed by atoms with Gasteiger partial charge in [-0.2, -0.15) is 5.26 Å². The second-order valence-corrected chi connectivity index (χ2v) is 3.75. The Morgan fingerprint density at radius 1 is 1.33 bits per heavy atom. The van der Waals surface area contributed by atoms with Gasteiger partial charge in [-0.3, -0.25) is 4.99 Å². The third-order valence-corrected chi connectivity index (χ3v) is 2.71. The van der Waals surface area contributed by atoms with E-state index >= 15 is 0 Å². The minimum Gasteiger partial charge on any atom is -0.289 e. The van der Waals surface area contributed by atoms with Gasteiger partial charge in [-0.25, -0.2) is 0 Å². The summed E-state index contributed by atoms with van der Waals surface area (Å²) in [5.41, 5.74) is 3.88. The van der Waals surface area contributed by atoms with Crippen LogP contribution in [0.1, 0.15) is 30.4 Å². The lowest BCUT2D eigenvalue weighted by Crippen LogP contribution is -2.12. The van der Waals surface area contributed by atoms with Crippen LogP contribution in [0.4, 0.5) is 0 Å². The van der Waals surface area contributed by atoms with Crippen molar-refractivity contribution in [1.82, 2.24) is 0 Å². The fourth-order valence-electron chi connectivity index (χ4n) is 1.96. The van der Waals surface area contributed by atoms with E-state index in [0.717, 1.165) is 25.8 Å². The molecule has 0 aliphatic carbocycles. The van der Waals surface area contributed by atoms with Gasteiger partial charge >= 0.3 is 0 Å². The van der Waals surface area contributed by atoms with Crippen molar-refractivity contribution in [3.8, 4) is 6.07 Å². The molecule has 0 bridgehead atoms. The Bertz CT molecular complexity index is 413. The molecule has 0 spiro atoms. The quantitative estimate of drug-likeness (QED) is 0.688. The summed E-state index contributed by atoms with van der Waals surface area (Å²) >= 11 is 0. The Morgan fingerprint density at radius 2 is 2.20 bits per heavy atom. The molecular formula is C13H14N2. The first-order valence-corrected chi connectivity index (χ1v) is 5.40. The molecule has 1 aliphatic rings. The monoisotopic (exact) mass is 198 g/mol. The normalized spacial score (nSPS) is 13.9. The maximum absolute atomic E-state index is 8.50. The number of nitriles is 1. The molecule has 2 heteroatoms. The third kappa shape index (κ3) is 2.24. The number of unbranched alkanes of at least 4 members (excludes halogenated alkanes) is 1. The molecular weight excluding hydrogens is 184 g/mol. The van der Waals surface area contributed by atoms with Gasteiger partial charge in [0, 0.05) is 18.7 Å². The first-order valence-electron chi connectivity index (χ1n) is 5.40. The minimum atomic E-state index is 0.626. The van der Waals surface area contributed by atoms with Crippen molar-refractivity contribution >= 4 is 5.71 Å². The maximum Gasteiger partial charge on any atom is 0.0621 e. The molecule has 0 saturated heterocycles. The molecule has 1 aromatic carbocycles. The van der Waals surface area contributed by atoms with Gasteiger partial charge in [-0.05, 0) is 30.4 Å². The molecule has 2 nitrogen and oxygen atoms in total. The van der Waals surface area contributed by atoms with E-state index in [1.807, 2.05) is 0 Å².